The maximum Gasteiger partial charge on any atom is 0.150 e. The molecule has 0 radical (unpaired) electrons. The van der Waals surface area contributed by atoms with Crippen molar-refractivity contribution in [2.24, 2.45) is 0 Å². The maximum absolute atomic E-state index is 13.4. The molecule has 0 N–H and O–H groups in total. The fourth-order valence-corrected chi connectivity index (χ4v) is 1.21. The number of carbonyl (C=O) groups is 1. The van der Waals surface area contributed by atoms with Crippen LogP contribution in [0.4, 0.5) is 4.39 Å². The number of halogens is 1. The average molecular weight is 180 g/mol. The predicted molar refractivity (Wildman–Crippen MR) is 50.5 cm³/mol. The first kappa shape index (κ1) is 9.90. The summed E-state index contributed by atoms with van der Waals surface area (Å²) < 4.78 is 13.4. The summed E-state index contributed by atoms with van der Waals surface area (Å²) in [5, 5.41) is 0. The Balaban J connectivity index is 3.20. The van der Waals surface area contributed by atoms with Crippen molar-refractivity contribution < 1.29 is 9.18 Å². The van der Waals surface area contributed by atoms with Gasteiger partial charge in [-0.2, -0.15) is 0 Å². The summed E-state index contributed by atoms with van der Waals surface area (Å²) in [4.78, 5) is 10.4. The van der Waals surface area contributed by atoms with Gasteiger partial charge in [-0.15, -0.1) is 0 Å². The Hall–Kier alpha value is -1.18. The van der Waals surface area contributed by atoms with Gasteiger partial charge >= 0.3 is 0 Å². The molecule has 0 amide bonds. The summed E-state index contributed by atoms with van der Waals surface area (Å²) in [6.07, 6.45) is 0.648. The molecule has 1 aromatic rings. The lowest BCUT2D eigenvalue weighted by Crippen LogP contribution is -2.13. The van der Waals surface area contributed by atoms with Gasteiger partial charge in [0.2, 0.25) is 0 Å². The molecule has 0 aromatic heterocycles. The zero-order valence-electron chi connectivity index (χ0n) is 8.10. The molecule has 0 bridgehead atoms. The van der Waals surface area contributed by atoms with Gasteiger partial charge in [-0.3, -0.25) is 4.79 Å². The van der Waals surface area contributed by atoms with E-state index in [1.54, 1.807) is 12.1 Å². The van der Waals surface area contributed by atoms with E-state index in [1.807, 2.05) is 20.8 Å². The zero-order chi connectivity index (χ0) is 10.1. The summed E-state index contributed by atoms with van der Waals surface area (Å²) in [5.74, 6) is -0.308. The minimum atomic E-state index is -0.308. The summed E-state index contributed by atoms with van der Waals surface area (Å²) in [6.45, 7) is 5.81. The van der Waals surface area contributed by atoms with E-state index in [4.69, 9.17) is 0 Å². The quantitative estimate of drug-likeness (QED) is 0.607. The van der Waals surface area contributed by atoms with Gasteiger partial charge in [0.05, 0.1) is 0 Å². The highest BCUT2D eigenvalue weighted by Crippen LogP contribution is 2.25. The Labute approximate surface area is 77.6 Å². The van der Waals surface area contributed by atoms with Crippen LogP contribution < -0.4 is 0 Å². The van der Waals surface area contributed by atoms with Gasteiger partial charge in [0.15, 0.2) is 0 Å². The smallest absolute Gasteiger partial charge is 0.150 e. The molecule has 1 nitrogen and oxygen atoms in total. The van der Waals surface area contributed by atoms with Crippen molar-refractivity contribution in [3.63, 3.8) is 0 Å². The van der Waals surface area contributed by atoms with Crippen LogP contribution in [0.25, 0.3) is 0 Å². The second-order valence-electron chi connectivity index (χ2n) is 4.11. The van der Waals surface area contributed by atoms with Crippen molar-refractivity contribution in [1.82, 2.24) is 0 Å². The largest absolute Gasteiger partial charge is 0.298 e. The van der Waals surface area contributed by atoms with Gasteiger partial charge in [0.1, 0.15) is 12.1 Å². The fourth-order valence-electron chi connectivity index (χ4n) is 1.21. The van der Waals surface area contributed by atoms with Crippen molar-refractivity contribution in [3.05, 3.63) is 35.1 Å². The van der Waals surface area contributed by atoms with E-state index in [1.165, 1.54) is 6.07 Å². The highest BCUT2D eigenvalue weighted by molar-refractivity contribution is 5.74. The molecule has 0 spiro atoms. The molecule has 0 saturated heterocycles. The third-order valence-corrected chi connectivity index (χ3v) is 1.94. The number of benzene rings is 1. The summed E-state index contributed by atoms with van der Waals surface area (Å²) in [7, 11) is 0. The van der Waals surface area contributed by atoms with Gasteiger partial charge in [0, 0.05) is 5.56 Å². The minimum absolute atomic E-state index is 0.217. The Morgan fingerprint density at radius 2 is 1.92 bits per heavy atom. The van der Waals surface area contributed by atoms with Crippen LogP contribution in [-0.4, -0.2) is 6.29 Å². The van der Waals surface area contributed by atoms with Crippen molar-refractivity contribution in [3.8, 4) is 0 Å². The maximum atomic E-state index is 13.4. The molecule has 0 unspecified atom stereocenters. The molecule has 70 valence electrons. The lowest BCUT2D eigenvalue weighted by atomic mass is 9.86. The lowest BCUT2D eigenvalue weighted by Gasteiger charge is -2.19. The second kappa shape index (κ2) is 3.29. The highest BCUT2D eigenvalue weighted by atomic mass is 19.1. The van der Waals surface area contributed by atoms with Crippen LogP contribution in [0.5, 0.6) is 0 Å². The Kier molecular flexibility index (Phi) is 2.50. The molecule has 0 aliphatic rings. The van der Waals surface area contributed by atoms with Crippen molar-refractivity contribution in [1.29, 1.82) is 0 Å². The topological polar surface area (TPSA) is 17.1 Å². The predicted octanol–water partition coefficient (Wildman–Crippen LogP) is 2.94. The minimum Gasteiger partial charge on any atom is -0.298 e. The summed E-state index contributed by atoms with van der Waals surface area (Å²) >= 11 is 0. The molecule has 0 saturated carbocycles. The van der Waals surface area contributed by atoms with Gasteiger partial charge < -0.3 is 0 Å². The van der Waals surface area contributed by atoms with E-state index in [2.05, 4.69) is 0 Å². The van der Waals surface area contributed by atoms with Gasteiger partial charge in [-0.1, -0.05) is 32.9 Å². The number of hydrogen-bond acceptors (Lipinski definition) is 1. The number of hydrogen-bond donors (Lipinski definition) is 0. The van der Waals surface area contributed by atoms with Gasteiger partial charge in [0.25, 0.3) is 0 Å². The molecular weight excluding hydrogens is 167 g/mol. The SMILES string of the molecule is CC(C)(C)c1ccc(C=O)cc1F. The molecule has 0 aliphatic heterocycles. The number of rotatable bonds is 1. The molecule has 0 heterocycles. The van der Waals surface area contributed by atoms with Crippen LogP contribution in [0.3, 0.4) is 0 Å². The van der Waals surface area contributed by atoms with E-state index >= 15 is 0 Å². The molecule has 13 heavy (non-hydrogen) atoms. The first-order valence-electron chi connectivity index (χ1n) is 4.20. The van der Waals surface area contributed by atoms with Crippen LogP contribution in [0, 0.1) is 5.82 Å². The van der Waals surface area contributed by atoms with Crippen molar-refractivity contribution >= 4 is 6.29 Å². The summed E-state index contributed by atoms with van der Waals surface area (Å²) in [5.41, 5.74) is 0.800. The fraction of sp³-hybridized carbons (Fsp3) is 0.364. The second-order valence-corrected chi connectivity index (χ2v) is 4.11. The van der Waals surface area contributed by atoms with Crippen LogP contribution in [0.1, 0.15) is 36.7 Å². The highest BCUT2D eigenvalue weighted by Gasteiger charge is 2.17. The molecule has 2 heteroatoms. The normalized spacial score (nSPS) is 11.4. The molecule has 1 aromatic carbocycles. The van der Waals surface area contributed by atoms with E-state index in [9.17, 15) is 9.18 Å². The molecular formula is C11H13FO. The van der Waals surface area contributed by atoms with Crippen molar-refractivity contribution in [2.45, 2.75) is 26.2 Å². The van der Waals surface area contributed by atoms with E-state index < -0.39 is 0 Å². The Bertz CT molecular complexity index is 323. The van der Waals surface area contributed by atoms with Crippen LogP contribution in [0.15, 0.2) is 18.2 Å². The monoisotopic (exact) mass is 180 g/mol. The first-order valence-corrected chi connectivity index (χ1v) is 4.20. The molecule has 1 rings (SSSR count). The molecule has 0 atom stereocenters. The Morgan fingerprint density at radius 3 is 2.31 bits per heavy atom. The number of aldehydes is 1. The zero-order valence-corrected chi connectivity index (χ0v) is 8.10. The van der Waals surface area contributed by atoms with Crippen LogP contribution in [-0.2, 0) is 5.41 Å². The van der Waals surface area contributed by atoms with E-state index in [0.717, 1.165) is 0 Å². The summed E-state index contributed by atoms with van der Waals surface area (Å²) in [6, 6.07) is 4.57. The van der Waals surface area contributed by atoms with Gasteiger partial charge in [-0.05, 0) is 17.0 Å². The van der Waals surface area contributed by atoms with Gasteiger partial charge in [-0.25, -0.2) is 4.39 Å². The van der Waals surface area contributed by atoms with Crippen molar-refractivity contribution in [2.75, 3.05) is 0 Å². The van der Waals surface area contributed by atoms with E-state index in [-0.39, 0.29) is 11.2 Å². The number of carbonyl (C=O) groups excluding carboxylic acids is 1. The lowest BCUT2D eigenvalue weighted by molar-refractivity contribution is 0.112. The standard InChI is InChI=1S/C11H13FO/c1-11(2,3)9-5-4-8(7-13)6-10(9)12/h4-7H,1-3H3. The van der Waals surface area contributed by atoms with E-state index in [0.29, 0.717) is 17.4 Å². The Morgan fingerprint density at radius 1 is 1.31 bits per heavy atom. The molecule has 0 aliphatic carbocycles. The van der Waals surface area contributed by atoms with Crippen LogP contribution in [0.2, 0.25) is 0 Å². The van der Waals surface area contributed by atoms with Crippen LogP contribution >= 0.6 is 0 Å². The average Bonchev–Trinajstić information content (AvgIpc) is 2.01. The third-order valence-electron chi connectivity index (χ3n) is 1.94. The first-order chi connectivity index (χ1) is 5.95. The molecule has 0 fully saturated rings. The third kappa shape index (κ3) is 2.14.